The molecule has 0 spiro atoms. The highest BCUT2D eigenvalue weighted by Gasteiger charge is 2.28. The number of nitrogens with one attached hydrogen (secondary N) is 1. The van der Waals surface area contributed by atoms with Gasteiger partial charge in [0.25, 0.3) is 0 Å². The quantitative estimate of drug-likeness (QED) is 0.486. The summed E-state index contributed by atoms with van der Waals surface area (Å²) in [6.07, 6.45) is 0.562. The Bertz CT molecular complexity index is 219. The van der Waals surface area contributed by atoms with Crippen LogP contribution in [0.25, 0.3) is 0 Å². The maximum Gasteiger partial charge on any atom is 0.323 e. The second-order valence-corrected chi connectivity index (χ2v) is 4.42. The Morgan fingerprint density at radius 1 is 1.35 bits per heavy atom. The first-order valence-corrected chi connectivity index (χ1v) is 5.91. The highest BCUT2D eigenvalue weighted by Crippen LogP contribution is 2.16. The zero-order valence-electron chi connectivity index (χ0n) is 11.5. The monoisotopic (exact) mass is 247 g/mol. The van der Waals surface area contributed by atoms with Gasteiger partial charge in [-0.15, -0.1) is 0 Å². The molecule has 0 rings (SSSR count). The van der Waals surface area contributed by atoms with E-state index in [9.17, 15) is 4.79 Å². The van der Waals surface area contributed by atoms with E-state index in [1.165, 1.54) is 0 Å². The lowest BCUT2D eigenvalue weighted by Crippen LogP contribution is -2.45. The molecule has 0 aliphatic heterocycles. The third-order valence-electron chi connectivity index (χ3n) is 2.52. The SMILES string of the molecule is CCOC(=O)C(CC(C)(C)OC)NCCOC. The summed E-state index contributed by atoms with van der Waals surface area (Å²) in [5, 5.41) is 3.12. The topological polar surface area (TPSA) is 56.8 Å². The zero-order valence-corrected chi connectivity index (χ0v) is 11.5. The van der Waals surface area contributed by atoms with Crippen LogP contribution in [-0.2, 0) is 19.0 Å². The van der Waals surface area contributed by atoms with Crippen molar-refractivity contribution in [1.29, 1.82) is 0 Å². The molecular weight excluding hydrogens is 222 g/mol. The first-order chi connectivity index (χ1) is 7.96. The average Bonchev–Trinajstić information content (AvgIpc) is 2.28. The van der Waals surface area contributed by atoms with Crippen molar-refractivity contribution < 1.29 is 19.0 Å². The molecule has 0 aromatic heterocycles. The van der Waals surface area contributed by atoms with E-state index in [1.54, 1.807) is 21.1 Å². The summed E-state index contributed by atoms with van der Waals surface area (Å²) < 4.78 is 15.3. The van der Waals surface area contributed by atoms with Crippen LogP contribution in [0.15, 0.2) is 0 Å². The van der Waals surface area contributed by atoms with Crippen molar-refractivity contribution in [2.45, 2.75) is 38.8 Å². The summed E-state index contributed by atoms with van der Waals surface area (Å²) in [6.45, 7) is 7.23. The van der Waals surface area contributed by atoms with Gasteiger partial charge in [0.15, 0.2) is 0 Å². The van der Waals surface area contributed by atoms with Gasteiger partial charge in [-0.25, -0.2) is 0 Å². The molecular formula is C12H25NO4. The Balaban J connectivity index is 4.34. The van der Waals surface area contributed by atoms with Gasteiger partial charge in [0.2, 0.25) is 0 Å². The van der Waals surface area contributed by atoms with Crippen LogP contribution in [0.5, 0.6) is 0 Å². The normalized spacial score (nSPS) is 13.5. The molecule has 17 heavy (non-hydrogen) atoms. The van der Waals surface area contributed by atoms with Crippen molar-refractivity contribution in [3.8, 4) is 0 Å². The third-order valence-corrected chi connectivity index (χ3v) is 2.52. The van der Waals surface area contributed by atoms with E-state index in [0.717, 1.165) is 0 Å². The largest absolute Gasteiger partial charge is 0.465 e. The van der Waals surface area contributed by atoms with Crippen molar-refractivity contribution in [2.24, 2.45) is 0 Å². The summed E-state index contributed by atoms with van der Waals surface area (Å²) in [7, 11) is 3.26. The maximum atomic E-state index is 11.7. The van der Waals surface area contributed by atoms with Gasteiger partial charge in [0, 0.05) is 27.2 Å². The van der Waals surface area contributed by atoms with Crippen LogP contribution in [0.3, 0.4) is 0 Å². The zero-order chi connectivity index (χ0) is 13.3. The van der Waals surface area contributed by atoms with Gasteiger partial charge in [0.1, 0.15) is 6.04 Å². The van der Waals surface area contributed by atoms with Crippen LogP contribution in [0.2, 0.25) is 0 Å². The molecule has 0 aliphatic rings. The van der Waals surface area contributed by atoms with Gasteiger partial charge in [-0.05, 0) is 20.8 Å². The molecule has 0 aliphatic carbocycles. The summed E-state index contributed by atoms with van der Waals surface area (Å²) in [5.41, 5.74) is -0.364. The summed E-state index contributed by atoms with van der Waals surface area (Å²) in [5.74, 6) is -0.242. The van der Waals surface area contributed by atoms with Crippen molar-refractivity contribution in [1.82, 2.24) is 5.32 Å². The Hall–Kier alpha value is -0.650. The molecule has 0 saturated heterocycles. The molecule has 0 radical (unpaired) electrons. The van der Waals surface area contributed by atoms with Crippen LogP contribution in [-0.4, -0.2) is 51.6 Å². The number of carbonyl (C=O) groups is 1. The molecule has 0 bridgehead atoms. The van der Waals surface area contributed by atoms with E-state index in [4.69, 9.17) is 14.2 Å². The van der Waals surface area contributed by atoms with Gasteiger partial charge < -0.3 is 19.5 Å². The lowest BCUT2D eigenvalue weighted by Gasteiger charge is -2.28. The van der Waals surface area contributed by atoms with E-state index >= 15 is 0 Å². The van der Waals surface area contributed by atoms with Crippen molar-refractivity contribution in [3.63, 3.8) is 0 Å². The standard InChI is InChI=1S/C12H25NO4/c1-6-17-11(14)10(13-7-8-15-4)9-12(2,3)16-5/h10,13H,6-9H2,1-5H3. The smallest absolute Gasteiger partial charge is 0.323 e. The Kier molecular flexibility index (Phi) is 8.12. The van der Waals surface area contributed by atoms with Crippen LogP contribution in [0, 0.1) is 0 Å². The van der Waals surface area contributed by atoms with Crippen LogP contribution in [0.4, 0.5) is 0 Å². The molecule has 1 N–H and O–H groups in total. The number of methoxy groups -OCH3 is 2. The Morgan fingerprint density at radius 2 is 2.00 bits per heavy atom. The predicted octanol–water partition coefficient (Wildman–Crippen LogP) is 0.969. The van der Waals surface area contributed by atoms with Gasteiger partial charge in [-0.1, -0.05) is 0 Å². The van der Waals surface area contributed by atoms with Crippen molar-refractivity contribution in [3.05, 3.63) is 0 Å². The van der Waals surface area contributed by atoms with E-state index in [1.807, 2.05) is 13.8 Å². The molecule has 0 saturated carbocycles. The van der Waals surface area contributed by atoms with Crippen molar-refractivity contribution >= 4 is 5.97 Å². The van der Waals surface area contributed by atoms with Gasteiger partial charge in [-0.3, -0.25) is 4.79 Å². The Labute approximate surface area is 104 Å². The van der Waals surface area contributed by atoms with E-state index in [-0.39, 0.29) is 17.6 Å². The maximum absolute atomic E-state index is 11.7. The highest BCUT2D eigenvalue weighted by atomic mass is 16.5. The molecule has 0 aromatic rings. The van der Waals surface area contributed by atoms with Crippen LogP contribution >= 0.6 is 0 Å². The second kappa shape index (κ2) is 8.44. The molecule has 0 aromatic carbocycles. The van der Waals surface area contributed by atoms with Gasteiger partial charge >= 0.3 is 5.97 Å². The second-order valence-electron chi connectivity index (χ2n) is 4.42. The van der Waals surface area contributed by atoms with Gasteiger partial charge in [-0.2, -0.15) is 0 Å². The number of ether oxygens (including phenoxy) is 3. The molecule has 5 nitrogen and oxygen atoms in total. The molecule has 0 heterocycles. The van der Waals surface area contributed by atoms with E-state index in [2.05, 4.69) is 5.32 Å². The number of hydrogen-bond donors (Lipinski definition) is 1. The summed E-state index contributed by atoms with van der Waals surface area (Å²) in [4.78, 5) is 11.7. The number of rotatable bonds is 9. The fraction of sp³-hybridized carbons (Fsp3) is 0.917. The van der Waals surface area contributed by atoms with E-state index < -0.39 is 0 Å². The predicted molar refractivity (Wildman–Crippen MR) is 66.0 cm³/mol. The molecule has 1 atom stereocenters. The minimum atomic E-state index is -0.364. The molecule has 1 unspecified atom stereocenters. The summed E-state index contributed by atoms with van der Waals surface area (Å²) in [6, 6.07) is -0.361. The third kappa shape index (κ3) is 7.31. The van der Waals surface area contributed by atoms with Crippen LogP contribution in [0.1, 0.15) is 27.2 Å². The fourth-order valence-electron chi connectivity index (χ4n) is 1.39. The number of esters is 1. The number of carbonyl (C=O) groups excluding carboxylic acids is 1. The van der Waals surface area contributed by atoms with Crippen LogP contribution < -0.4 is 5.32 Å². The minimum absolute atomic E-state index is 0.242. The lowest BCUT2D eigenvalue weighted by atomic mass is 9.99. The summed E-state index contributed by atoms with van der Waals surface area (Å²) >= 11 is 0. The molecule has 0 amide bonds. The first kappa shape index (κ1) is 16.4. The fourth-order valence-corrected chi connectivity index (χ4v) is 1.39. The minimum Gasteiger partial charge on any atom is -0.465 e. The van der Waals surface area contributed by atoms with E-state index in [0.29, 0.717) is 26.2 Å². The highest BCUT2D eigenvalue weighted by molar-refractivity contribution is 5.75. The van der Waals surface area contributed by atoms with Gasteiger partial charge in [0.05, 0.1) is 18.8 Å². The lowest BCUT2D eigenvalue weighted by molar-refractivity contribution is -0.147. The molecule has 5 heteroatoms. The molecule has 0 fully saturated rings. The number of hydrogen-bond acceptors (Lipinski definition) is 5. The Morgan fingerprint density at radius 3 is 2.47 bits per heavy atom. The first-order valence-electron chi connectivity index (χ1n) is 5.91. The van der Waals surface area contributed by atoms with Crippen molar-refractivity contribution in [2.75, 3.05) is 34.0 Å². The average molecular weight is 247 g/mol. The molecule has 102 valence electrons.